The van der Waals surface area contributed by atoms with E-state index in [1.807, 2.05) is 18.4 Å². The van der Waals surface area contributed by atoms with Crippen LogP contribution in [0.5, 0.6) is 0 Å². The van der Waals surface area contributed by atoms with Gasteiger partial charge < -0.3 is 5.32 Å². The Morgan fingerprint density at radius 1 is 1.22 bits per heavy atom. The van der Waals surface area contributed by atoms with Crippen molar-refractivity contribution in [1.29, 1.82) is 0 Å². The molecule has 96 valence electrons. The van der Waals surface area contributed by atoms with Crippen molar-refractivity contribution < 1.29 is 0 Å². The molecule has 1 N–H and O–H groups in total. The van der Waals surface area contributed by atoms with Crippen molar-refractivity contribution in [3.8, 4) is 0 Å². The number of benzene rings is 1. The van der Waals surface area contributed by atoms with E-state index < -0.39 is 0 Å². The summed E-state index contributed by atoms with van der Waals surface area (Å²) in [6, 6.07) is 13.0. The van der Waals surface area contributed by atoms with Crippen molar-refractivity contribution in [2.24, 2.45) is 5.92 Å². The average Bonchev–Trinajstić information content (AvgIpc) is 2.82. The average molecular weight is 324 g/mol. The number of hydrogen-bond donors (Lipinski definition) is 1. The Morgan fingerprint density at radius 2 is 2.11 bits per heavy atom. The smallest absolute Gasteiger partial charge is 0.0177 e. The van der Waals surface area contributed by atoms with Crippen LogP contribution in [0.1, 0.15) is 10.4 Å². The third kappa shape index (κ3) is 4.23. The van der Waals surface area contributed by atoms with Gasteiger partial charge in [0.25, 0.3) is 0 Å². The summed E-state index contributed by atoms with van der Waals surface area (Å²) in [5, 5.41) is 5.47. The molecule has 1 unspecified atom stereocenters. The normalized spacial score (nSPS) is 12.6. The minimum atomic E-state index is 0.656. The molecule has 0 aliphatic rings. The molecule has 1 aromatic carbocycles. The maximum absolute atomic E-state index is 3.54. The lowest BCUT2D eigenvalue weighted by Crippen LogP contribution is -2.22. The fraction of sp³-hybridized carbons (Fsp3) is 0.333. The predicted octanol–water partition coefficient (Wildman–Crippen LogP) is 4.13. The van der Waals surface area contributed by atoms with Gasteiger partial charge in [0.05, 0.1) is 0 Å². The first kappa shape index (κ1) is 13.8. The van der Waals surface area contributed by atoms with E-state index in [0.717, 1.165) is 19.4 Å². The van der Waals surface area contributed by atoms with E-state index in [-0.39, 0.29) is 0 Å². The summed E-state index contributed by atoms with van der Waals surface area (Å²) >= 11 is 5.39. The van der Waals surface area contributed by atoms with Gasteiger partial charge in [-0.1, -0.05) is 34.1 Å². The molecule has 2 rings (SSSR count). The minimum Gasteiger partial charge on any atom is -0.319 e. The second-order valence-electron chi connectivity index (χ2n) is 4.54. The molecule has 0 aliphatic heterocycles. The van der Waals surface area contributed by atoms with E-state index in [4.69, 9.17) is 0 Å². The molecular formula is C15H18BrNS. The highest BCUT2D eigenvalue weighted by molar-refractivity contribution is 9.10. The molecular weight excluding hydrogens is 306 g/mol. The number of nitrogens with one attached hydrogen (secondary N) is 1. The van der Waals surface area contributed by atoms with Gasteiger partial charge in [0.2, 0.25) is 0 Å². The molecule has 3 heteroatoms. The minimum absolute atomic E-state index is 0.656. The Kier molecular flexibility index (Phi) is 5.42. The van der Waals surface area contributed by atoms with E-state index in [2.05, 4.69) is 63.0 Å². The summed E-state index contributed by atoms with van der Waals surface area (Å²) in [4.78, 5) is 1.48. The van der Waals surface area contributed by atoms with Crippen LogP contribution in [0.3, 0.4) is 0 Å². The van der Waals surface area contributed by atoms with Gasteiger partial charge >= 0.3 is 0 Å². The lowest BCUT2D eigenvalue weighted by Gasteiger charge is -2.16. The van der Waals surface area contributed by atoms with Crippen molar-refractivity contribution >= 4 is 27.3 Å². The van der Waals surface area contributed by atoms with Gasteiger partial charge in [0.1, 0.15) is 0 Å². The second kappa shape index (κ2) is 7.07. The molecule has 1 nitrogen and oxygen atoms in total. The van der Waals surface area contributed by atoms with Crippen molar-refractivity contribution in [1.82, 2.24) is 5.32 Å². The van der Waals surface area contributed by atoms with Gasteiger partial charge in [0, 0.05) is 9.35 Å². The largest absolute Gasteiger partial charge is 0.319 e. The number of halogens is 1. The molecule has 1 aromatic heterocycles. The van der Waals surface area contributed by atoms with Crippen LogP contribution in [0.2, 0.25) is 0 Å². The van der Waals surface area contributed by atoms with Crippen molar-refractivity contribution in [3.63, 3.8) is 0 Å². The van der Waals surface area contributed by atoms with Crippen LogP contribution in [0.15, 0.2) is 46.3 Å². The molecule has 0 bridgehead atoms. The van der Waals surface area contributed by atoms with E-state index in [9.17, 15) is 0 Å². The molecule has 0 saturated heterocycles. The zero-order chi connectivity index (χ0) is 12.8. The number of thiophene rings is 1. The highest BCUT2D eigenvalue weighted by Crippen LogP contribution is 2.20. The first-order chi connectivity index (χ1) is 8.78. The summed E-state index contributed by atoms with van der Waals surface area (Å²) in [7, 11) is 2.03. The lowest BCUT2D eigenvalue weighted by molar-refractivity contribution is 0.496. The van der Waals surface area contributed by atoms with Crippen LogP contribution in [0, 0.1) is 5.92 Å². The van der Waals surface area contributed by atoms with Crippen LogP contribution in [0.4, 0.5) is 0 Å². The van der Waals surface area contributed by atoms with Crippen molar-refractivity contribution in [2.45, 2.75) is 12.8 Å². The van der Waals surface area contributed by atoms with E-state index in [0.29, 0.717) is 5.92 Å². The highest BCUT2D eigenvalue weighted by Gasteiger charge is 2.11. The highest BCUT2D eigenvalue weighted by atomic mass is 79.9. The van der Waals surface area contributed by atoms with Crippen LogP contribution >= 0.6 is 27.3 Å². The standard InChI is InChI=1S/C15H18BrNS/c1-17-11-13(10-15-6-3-7-18-15)8-12-4-2-5-14(16)9-12/h2-7,9,13,17H,8,10-11H2,1H3. The zero-order valence-electron chi connectivity index (χ0n) is 10.5. The van der Waals surface area contributed by atoms with Gasteiger partial charge in [-0.2, -0.15) is 0 Å². The third-order valence-electron chi connectivity index (χ3n) is 2.98. The van der Waals surface area contributed by atoms with Crippen LogP contribution in [0.25, 0.3) is 0 Å². The Hall–Kier alpha value is -0.640. The summed E-state index contributed by atoms with van der Waals surface area (Å²) < 4.78 is 1.17. The summed E-state index contributed by atoms with van der Waals surface area (Å²) in [5.41, 5.74) is 1.40. The molecule has 1 heterocycles. The van der Waals surface area contributed by atoms with Gasteiger partial charge in [-0.15, -0.1) is 11.3 Å². The molecule has 18 heavy (non-hydrogen) atoms. The molecule has 0 amide bonds. The molecule has 0 fully saturated rings. The first-order valence-electron chi connectivity index (χ1n) is 6.19. The van der Waals surface area contributed by atoms with Crippen LogP contribution < -0.4 is 5.32 Å². The molecule has 0 saturated carbocycles. The van der Waals surface area contributed by atoms with Crippen LogP contribution in [-0.2, 0) is 12.8 Å². The SMILES string of the molecule is CNCC(Cc1cccc(Br)c1)Cc1cccs1. The second-order valence-corrected chi connectivity index (χ2v) is 6.49. The monoisotopic (exact) mass is 323 g/mol. The zero-order valence-corrected chi connectivity index (χ0v) is 12.9. The predicted molar refractivity (Wildman–Crippen MR) is 83.3 cm³/mol. The Bertz CT molecular complexity index is 467. The van der Waals surface area contributed by atoms with E-state index in [1.54, 1.807) is 0 Å². The van der Waals surface area contributed by atoms with Gasteiger partial charge in [-0.3, -0.25) is 0 Å². The number of rotatable bonds is 6. The third-order valence-corrected chi connectivity index (χ3v) is 4.37. The topological polar surface area (TPSA) is 12.0 Å². The Balaban J connectivity index is 2.01. The van der Waals surface area contributed by atoms with Crippen LogP contribution in [-0.4, -0.2) is 13.6 Å². The maximum atomic E-state index is 3.54. The first-order valence-corrected chi connectivity index (χ1v) is 7.86. The van der Waals surface area contributed by atoms with Gasteiger partial charge in [-0.05, 0) is 61.5 Å². The summed E-state index contributed by atoms with van der Waals surface area (Å²) in [6.07, 6.45) is 2.28. The Morgan fingerprint density at radius 3 is 2.78 bits per heavy atom. The summed E-state index contributed by atoms with van der Waals surface area (Å²) in [6.45, 7) is 1.06. The molecule has 1 atom stereocenters. The molecule has 0 radical (unpaired) electrons. The van der Waals surface area contributed by atoms with E-state index in [1.165, 1.54) is 14.9 Å². The molecule has 0 aliphatic carbocycles. The van der Waals surface area contributed by atoms with Crippen molar-refractivity contribution in [2.75, 3.05) is 13.6 Å². The molecule has 0 spiro atoms. The fourth-order valence-electron chi connectivity index (χ4n) is 2.22. The fourth-order valence-corrected chi connectivity index (χ4v) is 3.48. The summed E-state index contributed by atoms with van der Waals surface area (Å²) in [5.74, 6) is 0.656. The van der Waals surface area contributed by atoms with E-state index >= 15 is 0 Å². The Labute approximate surface area is 121 Å². The maximum Gasteiger partial charge on any atom is 0.0177 e. The van der Waals surface area contributed by atoms with Gasteiger partial charge in [-0.25, -0.2) is 0 Å². The van der Waals surface area contributed by atoms with Crippen molar-refractivity contribution in [3.05, 3.63) is 56.7 Å². The quantitative estimate of drug-likeness (QED) is 0.842. The lowest BCUT2D eigenvalue weighted by atomic mass is 9.95. The number of hydrogen-bond acceptors (Lipinski definition) is 2. The molecule has 2 aromatic rings. The van der Waals surface area contributed by atoms with Gasteiger partial charge in [0.15, 0.2) is 0 Å².